The van der Waals surface area contributed by atoms with Crippen molar-refractivity contribution >= 4 is 11.6 Å². The summed E-state index contributed by atoms with van der Waals surface area (Å²) in [6.07, 6.45) is 1.59. The van der Waals surface area contributed by atoms with Crippen LogP contribution < -0.4 is 10.5 Å². The maximum atomic E-state index is 8.87. The summed E-state index contributed by atoms with van der Waals surface area (Å²) in [7, 11) is 0. The molecule has 0 amide bonds. The van der Waals surface area contributed by atoms with E-state index in [0.29, 0.717) is 11.4 Å². The second kappa shape index (κ2) is 4.62. The van der Waals surface area contributed by atoms with Gasteiger partial charge in [-0.1, -0.05) is 17.7 Å². The molecule has 0 saturated heterocycles. The maximum absolute atomic E-state index is 8.87. The maximum Gasteiger partial charge on any atom is 0.141 e. The van der Waals surface area contributed by atoms with E-state index in [2.05, 4.69) is 0 Å². The first-order valence-corrected chi connectivity index (χ1v) is 5.85. The van der Waals surface area contributed by atoms with Crippen LogP contribution >= 0.6 is 11.6 Å². The number of hydrogen-bond donors (Lipinski definition) is 2. The number of ether oxygens (including phenoxy) is 1. The predicted molar refractivity (Wildman–Crippen MR) is 63.9 cm³/mol. The van der Waals surface area contributed by atoms with Crippen molar-refractivity contribution < 1.29 is 9.84 Å². The molecule has 0 aliphatic carbocycles. The van der Waals surface area contributed by atoms with Gasteiger partial charge in [-0.15, -0.1) is 0 Å². The molecule has 1 aromatic rings. The quantitative estimate of drug-likeness (QED) is 0.852. The summed E-state index contributed by atoms with van der Waals surface area (Å²) in [4.78, 5) is 0. The highest BCUT2D eigenvalue weighted by atomic mass is 35.5. The zero-order valence-electron chi connectivity index (χ0n) is 9.24. The number of hydrogen-bond acceptors (Lipinski definition) is 3. The minimum atomic E-state index is -0.163. The van der Waals surface area contributed by atoms with Crippen LogP contribution in [0.1, 0.15) is 30.5 Å². The van der Waals surface area contributed by atoms with Gasteiger partial charge < -0.3 is 15.6 Å². The van der Waals surface area contributed by atoms with Crippen LogP contribution in [-0.2, 0) is 6.42 Å². The Kier molecular flexibility index (Phi) is 3.38. The van der Waals surface area contributed by atoms with Crippen molar-refractivity contribution in [1.82, 2.24) is 0 Å². The Morgan fingerprint density at radius 3 is 3.06 bits per heavy atom. The van der Waals surface area contributed by atoms with Crippen molar-refractivity contribution in [2.75, 3.05) is 6.61 Å². The highest BCUT2D eigenvalue weighted by Crippen LogP contribution is 2.38. The first-order valence-electron chi connectivity index (χ1n) is 5.47. The molecule has 2 atom stereocenters. The molecule has 1 aromatic carbocycles. The standard InChI is InChI=1S/C12H16ClNO2/c1-7-4-9-5-8(11(14)2-3-15)6-10(13)12(9)16-7/h5-7,11,15H,2-4,14H2,1H3. The summed E-state index contributed by atoms with van der Waals surface area (Å²) in [5, 5.41) is 9.48. The molecule has 0 aromatic heterocycles. The van der Waals surface area contributed by atoms with Crippen LogP contribution in [0.3, 0.4) is 0 Å². The van der Waals surface area contributed by atoms with Crippen LogP contribution in [0.2, 0.25) is 5.02 Å². The Labute approximate surface area is 100 Å². The predicted octanol–water partition coefficient (Wildman–Crippen LogP) is 2.05. The molecule has 4 heteroatoms. The van der Waals surface area contributed by atoms with Gasteiger partial charge in [0, 0.05) is 19.1 Å². The first kappa shape index (κ1) is 11.7. The second-order valence-corrected chi connectivity index (χ2v) is 4.65. The van der Waals surface area contributed by atoms with Gasteiger partial charge in [-0.3, -0.25) is 0 Å². The molecule has 0 fully saturated rings. The highest BCUT2D eigenvalue weighted by molar-refractivity contribution is 6.32. The highest BCUT2D eigenvalue weighted by Gasteiger charge is 2.23. The van der Waals surface area contributed by atoms with Crippen molar-refractivity contribution in [3.8, 4) is 5.75 Å². The van der Waals surface area contributed by atoms with Gasteiger partial charge in [-0.05, 0) is 30.5 Å². The molecule has 2 unspecified atom stereocenters. The van der Waals surface area contributed by atoms with Crippen LogP contribution in [0, 0.1) is 0 Å². The molecular weight excluding hydrogens is 226 g/mol. The van der Waals surface area contributed by atoms with Gasteiger partial charge in [0.15, 0.2) is 0 Å². The third-order valence-electron chi connectivity index (χ3n) is 2.84. The average molecular weight is 242 g/mol. The number of aliphatic hydroxyl groups excluding tert-OH is 1. The topological polar surface area (TPSA) is 55.5 Å². The SMILES string of the molecule is CC1Cc2cc(C(N)CCO)cc(Cl)c2O1. The van der Waals surface area contributed by atoms with Crippen LogP contribution in [0.4, 0.5) is 0 Å². The molecule has 0 spiro atoms. The van der Waals surface area contributed by atoms with Crippen molar-refractivity contribution in [2.24, 2.45) is 5.73 Å². The number of benzene rings is 1. The van der Waals surface area contributed by atoms with E-state index in [9.17, 15) is 0 Å². The molecule has 88 valence electrons. The third-order valence-corrected chi connectivity index (χ3v) is 3.12. The molecule has 0 saturated carbocycles. The zero-order chi connectivity index (χ0) is 11.7. The third kappa shape index (κ3) is 2.17. The molecule has 3 nitrogen and oxygen atoms in total. The number of rotatable bonds is 3. The minimum absolute atomic E-state index is 0.0861. The van der Waals surface area contributed by atoms with Gasteiger partial charge >= 0.3 is 0 Å². The van der Waals surface area contributed by atoms with Crippen LogP contribution in [0.15, 0.2) is 12.1 Å². The Bertz CT molecular complexity index is 395. The second-order valence-electron chi connectivity index (χ2n) is 4.24. The Hall–Kier alpha value is -0.770. The van der Waals surface area contributed by atoms with Gasteiger partial charge in [0.2, 0.25) is 0 Å². The summed E-state index contributed by atoms with van der Waals surface area (Å²) in [5.74, 6) is 0.786. The van der Waals surface area contributed by atoms with E-state index in [4.69, 9.17) is 27.2 Å². The fourth-order valence-corrected chi connectivity index (χ4v) is 2.32. The largest absolute Gasteiger partial charge is 0.489 e. The van der Waals surface area contributed by atoms with Gasteiger partial charge in [0.05, 0.1) is 5.02 Å². The lowest BCUT2D eigenvalue weighted by atomic mass is 10.0. The van der Waals surface area contributed by atoms with Crippen LogP contribution in [0.5, 0.6) is 5.75 Å². The molecule has 0 radical (unpaired) electrons. The van der Waals surface area contributed by atoms with E-state index < -0.39 is 0 Å². The Morgan fingerprint density at radius 2 is 2.38 bits per heavy atom. The molecule has 2 rings (SSSR count). The van der Waals surface area contributed by atoms with E-state index in [0.717, 1.165) is 23.3 Å². The summed E-state index contributed by atoms with van der Waals surface area (Å²) in [6, 6.07) is 3.70. The molecular formula is C12H16ClNO2. The van der Waals surface area contributed by atoms with Crippen LogP contribution in [-0.4, -0.2) is 17.8 Å². The summed E-state index contributed by atoms with van der Waals surface area (Å²) >= 11 is 6.14. The Balaban J connectivity index is 2.31. The van der Waals surface area contributed by atoms with Crippen molar-refractivity contribution in [2.45, 2.75) is 31.9 Å². The number of fused-ring (bicyclic) bond motifs is 1. The lowest BCUT2D eigenvalue weighted by molar-refractivity contribution is 0.255. The van der Waals surface area contributed by atoms with Crippen molar-refractivity contribution in [3.05, 3.63) is 28.3 Å². The minimum Gasteiger partial charge on any atom is -0.489 e. The fourth-order valence-electron chi connectivity index (χ4n) is 2.03. The Morgan fingerprint density at radius 1 is 1.62 bits per heavy atom. The lowest BCUT2D eigenvalue weighted by Crippen LogP contribution is -2.12. The summed E-state index contributed by atoms with van der Waals surface area (Å²) in [5.41, 5.74) is 8.03. The summed E-state index contributed by atoms with van der Waals surface area (Å²) in [6.45, 7) is 2.10. The van der Waals surface area contributed by atoms with Gasteiger partial charge in [-0.2, -0.15) is 0 Å². The van der Waals surface area contributed by atoms with E-state index in [-0.39, 0.29) is 18.8 Å². The van der Waals surface area contributed by atoms with Crippen molar-refractivity contribution in [3.63, 3.8) is 0 Å². The first-order chi connectivity index (χ1) is 7.61. The fraction of sp³-hybridized carbons (Fsp3) is 0.500. The van der Waals surface area contributed by atoms with Gasteiger partial charge in [0.1, 0.15) is 11.9 Å². The number of halogens is 1. The van der Waals surface area contributed by atoms with E-state index >= 15 is 0 Å². The van der Waals surface area contributed by atoms with Gasteiger partial charge in [-0.25, -0.2) is 0 Å². The van der Waals surface area contributed by atoms with E-state index in [1.165, 1.54) is 0 Å². The molecule has 3 N–H and O–H groups in total. The molecule has 0 bridgehead atoms. The lowest BCUT2D eigenvalue weighted by Gasteiger charge is -2.12. The zero-order valence-corrected chi connectivity index (χ0v) is 10.00. The monoisotopic (exact) mass is 241 g/mol. The molecule has 16 heavy (non-hydrogen) atoms. The normalized spacial score (nSPS) is 20.4. The van der Waals surface area contributed by atoms with E-state index in [1.807, 2.05) is 19.1 Å². The van der Waals surface area contributed by atoms with E-state index in [1.54, 1.807) is 0 Å². The molecule has 1 heterocycles. The van der Waals surface area contributed by atoms with Gasteiger partial charge in [0.25, 0.3) is 0 Å². The van der Waals surface area contributed by atoms with Crippen molar-refractivity contribution in [1.29, 1.82) is 0 Å². The molecule has 1 aliphatic heterocycles. The van der Waals surface area contributed by atoms with Crippen LogP contribution in [0.25, 0.3) is 0 Å². The molecule has 1 aliphatic rings. The smallest absolute Gasteiger partial charge is 0.141 e. The number of aliphatic hydroxyl groups is 1. The summed E-state index contributed by atoms with van der Waals surface area (Å²) < 4.78 is 5.61. The average Bonchev–Trinajstić information content (AvgIpc) is 2.59. The number of nitrogens with two attached hydrogens (primary N) is 1.